The monoisotopic (exact) mass is 310 g/mol. The van der Waals surface area contributed by atoms with Crippen LogP contribution >= 0.6 is 23.1 Å². The molecule has 1 aromatic heterocycles. The Morgan fingerprint density at radius 1 is 1.45 bits per heavy atom. The molecule has 1 atom stereocenters. The first-order chi connectivity index (χ1) is 9.61. The zero-order valence-corrected chi connectivity index (χ0v) is 13.8. The second-order valence-electron chi connectivity index (χ2n) is 5.74. The molecule has 1 saturated carbocycles. The average molecular weight is 310 g/mol. The van der Waals surface area contributed by atoms with Crippen molar-refractivity contribution in [2.75, 3.05) is 29.5 Å². The van der Waals surface area contributed by atoms with Gasteiger partial charge in [-0.15, -0.1) is 11.3 Å². The molecule has 0 aromatic carbocycles. The summed E-state index contributed by atoms with van der Waals surface area (Å²) in [6.07, 6.45) is 3.66. The van der Waals surface area contributed by atoms with Crippen LogP contribution in [0.4, 0.5) is 10.7 Å². The minimum Gasteiger partial charge on any atom is -0.397 e. The SMILES string of the molecule is CCC1CN(c2sc(C(C)=O)c(N)c2C2CC2)CCS1. The van der Waals surface area contributed by atoms with Crippen molar-refractivity contribution in [3.8, 4) is 0 Å². The molecule has 1 aliphatic carbocycles. The Morgan fingerprint density at radius 3 is 2.80 bits per heavy atom. The molecule has 2 N–H and O–H groups in total. The van der Waals surface area contributed by atoms with Gasteiger partial charge in [0.05, 0.1) is 15.6 Å². The normalized spacial score (nSPS) is 23.1. The van der Waals surface area contributed by atoms with Gasteiger partial charge in [0.25, 0.3) is 0 Å². The topological polar surface area (TPSA) is 46.3 Å². The molecule has 3 rings (SSSR count). The van der Waals surface area contributed by atoms with E-state index in [4.69, 9.17) is 5.73 Å². The fourth-order valence-corrected chi connectivity index (χ4v) is 5.28. The van der Waals surface area contributed by atoms with E-state index in [1.54, 1.807) is 18.3 Å². The number of nitrogens with two attached hydrogens (primary N) is 1. The van der Waals surface area contributed by atoms with Crippen LogP contribution in [0.25, 0.3) is 0 Å². The molecule has 0 bridgehead atoms. The van der Waals surface area contributed by atoms with E-state index in [1.807, 2.05) is 0 Å². The van der Waals surface area contributed by atoms with Crippen LogP contribution in [0.15, 0.2) is 0 Å². The van der Waals surface area contributed by atoms with Gasteiger partial charge in [-0.1, -0.05) is 6.92 Å². The Kier molecular flexibility index (Phi) is 4.00. The Labute approximate surface area is 128 Å². The first-order valence-electron chi connectivity index (χ1n) is 7.41. The van der Waals surface area contributed by atoms with Crippen molar-refractivity contribution in [1.29, 1.82) is 0 Å². The third kappa shape index (κ3) is 2.58. The lowest BCUT2D eigenvalue weighted by Crippen LogP contribution is -2.37. The molecule has 110 valence electrons. The summed E-state index contributed by atoms with van der Waals surface area (Å²) >= 11 is 3.70. The number of ketones is 1. The molecule has 1 unspecified atom stereocenters. The number of hydrogen-bond donors (Lipinski definition) is 1. The van der Waals surface area contributed by atoms with Gasteiger partial charge >= 0.3 is 0 Å². The number of carbonyl (C=O) groups excluding carboxylic acids is 1. The summed E-state index contributed by atoms with van der Waals surface area (Å²) in [7, 11) is 0. The summed E-state index contributed by atoms with van der Waals surface area (Å²) in [6, 6.07) is 0. The van der Waals surface area contributed by atoms with E-state index in [0.29, 0.717) is 11.2 Å². The number of Topliss-reactive ketones (excluding diaryl/α,β-unsaturated/α-hetero) is 1. The van der Waals surface area contributed by atoms with E-state index < -0.39 is 0 Å². The fourth-order valence-electron chi connectivity index (χ4n) is 2.86. The highest BCUT2D eigenvalue weighted by Gasteiger charge is 2.35. The van der Waals surface area contributed by atoms with Crippen molar-refractivity contribution in [3.05, 3.63) is 10.4 Å². The number of anilines is 2. The lowest BCUT2D eigenvalue weighted by Gasteiger charge is -2.33. The molecule has 5 heteroatoms. The molecule has 1 saturated heterocycles. The van der Waals surface area contributed by atoms with Crippen LogP contribution < -0.4 is 10.6 Å². The number of nitrogen functional groups attached to an aromatic ring is 1. The standard InChI is InChI=1S/C15H22N2OS2/c1-3-11-8-17(6-7-19-11)15-12(10-4-5-10)13(16)14(20-15)9(2)18/h10-11H,3-8,16H2,1-2H3. The lowest BCUT2D eigenvalue weighted by atomic mass is 10.1. The third-order valence-corrected chi connectivity index (χ3v) is 6.91. The van der Waals surface area contributed by atoms with Crippen LogP contribution in [0.2, 0.25) is 0 Å². The molecule has 0 amide bonds. The van der Waals surface area contributed by atoms with Gasteiger partial charge in [0.2, 0.25) is 0 Å². The molecule has 2 aliphatic rings. The van der Waals surface area contributed by atoms with Crippen LogP contribution in [0.3, 0.4) is 0 Å². The largest absolute Gasteiger partial charge is 0.397 e. The summed E-state index contributed by atoms with van der Waals surface area (Å²) in [5.41, 5.74) is 8.33. The van der Waals surface area contributed by atoms with Gasteiger partial charge in [-0.25, -0.2) is 0 Å². The quantitative estimate of drug-likeness (QED) is 0.861. The maximum absolute atomic E-state index is 11.8. The number of hydrogen-bond acceptors (Lipinski definition) is 5. The Bertz CT molecular complexity index is 522. The minimum atomic E-state index is 0.110. The first-order valence-corrected chi connectivity index (χ1v) is 9.28. The van der Waals surface area contributed by atoms with Crippen molar-refractivity contribution in [2.24, 2.45) is 0 Å². The molecule has 2 heterocycles. The first kappa shape index (κ1) is 14.3. The molecule has 3 nitrogen and oxygen atoms in total. The number of carbonyl (C=O) groups is 1. The number of thiophene rings is 1. The van der Waals surface area contributed by atoms with Crippen molar-refractivity contribution in [1.82, 2.24) is 0 Å². The fraction of sp³-hybridized carbons (Fsp3) is 0.667. The third-order valence-electron chi connectivity index (χ3n) is 4.15. The molecular formula is C15H22N2OS2. The van der Waals surface area contributed by atoms with Crippen LogP contribution in [-0.2, 0) is 0 Å². The second kappa shape index (κ2) is 5.60. The van der Waals surface area contributed by atoms with Crippen LogP contribution in [0.1, 0.15) is 54.3 Å². The maximum atomic E-state index is 11.8. The summed E-state index contributed by atoms with van der Waals surface area (Å²) in [5, 5.41) is 1.99. The average Bonchev–Trinajstić information content (AvgIpc) is 3.22. The molecular weight excluding hydrogens is 288 g/mol. The Hall–Kier alpha value is -0.680. The lowest BCUT2D eigenvalue weighted by molar-refractivity contribution is 0.102. The molecule has 0 spiro atoms. The van der Waals surface area contributed by atoms with Crippen LogP contribution in [0.5, 0.6) is 0 Å². The van der Waals surface area contributed by atoms with Gasteiger partial charge in [0.1, 0.15) is 0 Å². The van der Waals surface area contributed by atoms with Crippen LogP contribution in [0, 0.1) is 0 Å². The van der Waals surface area contributed by atoms with E-state index in [1.165, 1.54) is 35.6 Å². The highest BCUT2D eigenvalue weighted by atomic mass is 32.2. The highest BCUT2D eigenvalue weighted by Crippen LogP contribution is 2.52. The van der Waals surface area contributed by atoms with Gasteiger partial charge in [-0.05, 0) is 25.2 Å². The molecule has 1 aromatic rings. The molecule has 0 radical (unpaired) electrons. The van der Waals surface area contributed by atoms with E-state index in [0.717, 1.165) is 23.7 Å². The van der Waals surface area contributed by atoms with Crippen molar-refractivity contribution >= 4 is 39.6 Å². The van der Waals surface area contributed by atoms with Gasteiger partial charge in [-0.3, -0.25) is 4.79 Å². The summed E-state index contributed by atoms with van der Waals surface area (Å²) in [4.78, 5) is 15.0. The van der Waals surface area contributed by atoms with Crippen LogP contribution in [-0.4, -0.2) is 29.9 Å². The zero-order valence-electron chi connectivity index (χ0n) is 12.1. The molecule has 2 fully saturated rings. The molecule has 20 heavy (non-hydrogen) atoms. The van der Waals surface area contributed by atoms with E-state index in [2.05, 4.69) is 23.6 Å². The second-order valence-corrected chi connectivity index (χ2v) is 8.15. The van der Waals surface area contributed by atoms with Gasteiger partial charge < -0.3 is 10.6 Å². The predicted molar refractivity (Wildman–Crippen MR) is 89.5 cm³/mol. The summed E-state index contributed by atoms with van der Waals surface area (Å²) in [6.45, 7) is 6.06. The Morgan fingerprint density at radius 2 is 2.20 bits per heavy atom. The Balaban J connectivity index is 1.95. The maximum Gasteiger partial charge on any atom is 0.171 e. The summed E-state index contributed by atoms with van der Waals surface area (Å²) in [5.74, 6) is 1.89. The van der Waals surface area contributed by atoms with Gasteiger partial charge in [0.15, 0.2) is 5.78 Å². The number of thioether (sulfide) groups is 1. The van der Waals surface area contributed by atoms with Gasteiger partial charge in [0, 0.05) is 36.6 Å². The van der Waals surface area contributed by atoms with Gasteiger partial charge in [-0.2, -0.15) is 11.8 Å². The van der Waals surface area contributed by atoms with E-state index in [9.17, 15) is 4.79 Å². The van der Waals surface area contributed by atoms with E-state index >= 15 is 0 Å². The van der Waals surface area contributed by atoms with Crippen molar-refractivity contribution in [3.63, 3.8) is 0 Å². The minimum absolute atomic E-state index is 0.110. The van der Waals surface area contributed by atoms with E-state index in [-0.39, 0.29) is 5.78 Å². The predicted octanol–water partition coefficient (Wildman–Crippen LogP) is 3.74. The number of rotatable bonds is 4. The van der Waals surface area contributed by atoms with Crippen molar-refractivity contribution in [2.45, 2.75) is 44.3 Å². The highest BCUT2D eigenvalue weighted by molar-refractivity contribution is 8.00. The smallest absolute Gasteiger partial charge is 0.171 e. The molecule has 1 aliphatic heterocycles. The summed E-state index contributed by atoms with van der Waals surface area (Å²) < 4.78 is 0. The zero-order chi connectivity index (χ0) is 14.3. The van der Waals surface area contributed by atoms with Crippen molar-refractivity contribution < 1.29 is 4.79 Å². The number of nitrogens with zero attached hydrogens (tertiary/aromatic N) is 1.